The first-order valence-electron chi connectivity index (χ1n) is 10.8. The minimum atomic E-state index is -3.85. The Morgan fingerprint density at radius 3 is 2.24 bits per heavy atom. The number of carbonyl (C=O) groups excluding carboxylic acids is 2. The Labute approximate surface area is 205 Å². The van der Waals surface area contributed by atoms with Crippen molar-refractivity contribution in [1.29, 1.82) is 0 Å². The van der Waals surface area contributed by atoms with Crippen molar-refractivity contribution in [2.75, 3.05) is 17.1 Å². The van der Waals surface area contributed by atoms with Crippen LogP contribution in [0.2, 0.25) is 5.02 Å². The number of carbonyl (C=O) groups is 2. The zero-order valence-electron chi connectivity index (χ0n) is 20.0. The molecule has 0 aliphatic rings. The lowest BCUT2D eigenvalue weighted by atomic mass is 10.1. The molecule has 2 amide bonds. The van der Waals surface area contributed by atoms with Crippen molar-refractivity contribution in [1.82, 2.24) is 10.2 Å². The third kappa shape index (κ3) is 7.99. The molecular weight excluding hydrogens is 481 g/mol. The van der Waals surface area contributed by atoms with Crippen molar-refractivity contribution < 1.29 is 22.4 Å². The third-order valence-corrected chi connectivity index (χ3v) is 6.30. The van der Waals surface area contributed by atoms with E-state index < -0.39 is 39.9 Å². The van der Waals surface area contributed by atoms with Crippen molar-refractivity contribution >= 4 is 39.1 Å². The lowest BCUT2D eigenvalue weighted by Crippen LogP contribution is -2.55. The van der Waals surface area contributed by atoms with Crippen molar-refractivity contribution in [2.24, 2.45) is 0 Å². The van der Waals surface area contributed by atoms with E-state index in [1.165, 1.54) is 41.3 Å². The molecule has 7 nitrogen and oxygen atoms in total. The first kappa shape index (κ1) is 27.6. The summed E-state index contributed by atoms with van der Waals surface area (Å²) in [5, 5.41) is 3.20. The van der Waals surface area contributed by atoms with Crippen LogP contribution in [-0.2, 0) is 26.2 Å². The van der Waals surface area contributed by atoms with Gasteiger partial charge in [-0.25, -0.2) is 12.8 Å². The molecule has 0 fully saturated rings. The standard InChI is InChI=1S/C24H31ClFN3O4S/c1-6-21(23(31)27-24(2,3)4)28(15-17-10-12-19(26)13-11-17)22(30)16-29(34(5,32)33)20-9-7-8-18(25)14-20/h7-14,21H,6,15-16H2,1-5H3,(H,27,31)/t21-/m1/s1. The summed E-state index contributed by atoms with van der Waals surface area (Å²) in [5.41, 5.74) is 0.303. The van der Waals surface area contributed by atoms with E-state index in [2.05, 4.69) is 5.32 Å². The van der Waals surface area contributed by atoms with Crippen LogP contribution in [0.3, 0.4) is 0 Å². The maximum Gasteiger partial charge on any atom is 0.244 e. The molecule has 0 saturated carbocycles. The zero-order valence-corrected chi connectivity index (χ0v) is 21.6. The minimum Gasteiger partial charge on any atom is -0.350 e. The van der Waals surface area contributed by atoms with Gasteiger partial charge in [-0.15, -0.1) is 0 Å². The van der Waals surface area contributed by atoms with Gasteiger partial charge >= 0.3 is 0 Å². The number of benzene rings is 2. The number of halogens is 2. The van der Waals surface area contributed by atoms with E-state index in [9.17, 15) is 22.4 Å². The fourth-order valence-electron chi connectivity index (χ4n) is 3.40. The highest BCUT2D eigenvalue weighted by molar-refractivity contribution is 7.92. The van der Waals surface area contributed by atoms with Gasteiger partial charge in [0.25, 0.3) is 0 Å². The smallest absolute Gasteiger partial charge is 0.244 e. The highest BCUT2D eigenvalue weighted by Gasteiger charge is 2.33. The number of sulfonamides is 1. The molecule has 0 aromatic heterocycles. The molecule has 2 aromatic rings. The molecule has 1 N–H and O–H groups in total. The van der Waals surface area contributed by atoms with E-state index in [0.29, 0.717) is 17.0 Å². The van der Waals surface area contributed by atoms with Crippen molar-refractivity contribution in [3.63, 3.8) is 0 Å². The van der Waals surface area contributed by atoms with Crippen molar-refractivity contribution in [2.45, 2.75) is 52.2 Å². The summed E-state index contributed by atoms with van der Waals surface area (Å²) in [5.74, 6) is -1.37. The van der Waals surface area contributed by atoms with Gasteiger partial charge in [0, 0.05) is 17.1 Å². The van der Waals surface area contributed by atoms with E-state index in [4.69, 9.17) is 11.6 Å². The summed E-state index contributed by atoms with van der Waals surface area (Å²) in [6.45, 7) is 6.72. The summed E-state index contributed by atoms with van der Waals surface area (Å²) < 4.78 is 39.5. The lowest BCUT2D eigenvalue weighted by Gasteiger charge is -2.34. The molecule has 10 heteroatoms. The van der Waals surface area contributed by atoms with Crippen LogP contribution in [0.15, 0.2) is 48.5 Å². The SMILES string of the molecule is CC[C@H](C(=O)NC(C)(C)C)N(Cc1ccc(F)cc1)C(=O)CN(c1cccc(Cl)c1)S(C)(=O)=O. The fraction of sp³-hybridized carbons (Fsp3) is 0.417. The summed E-state index contributed by atoms with van der Waals surface area (Å²) in [4.78, 5) is 27.9. The summed E-state index contributed by atoms with van der Waals surface area (Å²) in [6.07, 6.45) is 1.29. The highest BCUT2D eigenvalue weighted by atomic mass is 35.5. The van der Waals surface area contributed by atoms with Crippen LogP contribution in [0.25, 0.3) is 0 Å². The van der Waals surface area contributed by atoms with Crippen LogP contribution in [0.4, 0.5) is 10.1 Å². The van der Waals surface area contributed by atoms with Gasteiger partial charge in [-0.05, 0) is 63.1 Å². The molecule has 0 saturated heterocycles. The maximum absolute atomic E-state index is 13.5. The average Bonchev–Trinajstić information content (AvgIpc) is 2.71. The Bertz CT molecular complexity index is 1120. The van der Waals surface area contributed by atoms with Gasteiger partial charge in [0.1, 0.15) is 18.4 Å². The first-order chi connectivity index (χ1) is 15.7. The first-order valence-corrected chi connectivity index (χ1v) is 13.0. The number of hydrogen-bond donors (Lipinski definition) is 1. The Hall–Kier alpha value is -2.65. The molecule has 0 radical (unpaired) electrons. The maximum atomic E-state index is 13.5. The lowest BCUT2D eigenvalue weighted by molar-refractivity contribution is -0.141. The topological polar surface area (TPSA) is 86.8 Å². The molecule has 186 valence electrons. The molecule has 0 bridgehead atoms. The van der Waals surface area contributed by atoms with Gasteiger partial charge < -0.3 is 10.2 Å². The predicted molar refractivity (Wildman–Crippen MR) is 133 cm³/mol. The molecule has 0 unspecified atom stereocenters. The molecule has 34 heavy (non-hydrogen) atoms. The number of nitrogens with zero attached hydrogens (tertiary/aromatic N) is 2. The summed E-state index contributed by atoms with van der Waals surface area (Å²) in [6, 6.07) is 10.9. The van der Waals surface area contributed by atoms with E-state index in [1.807, 2.05) is 20.8 Å². The summed E-state index contributed by atoms with van der Waals surface area (Å²) >= 11 is 6.03. The van der Waals surface area contributed by atoms with Gasteiger partial charge in [0.05, 0.1) is 11.9 Å². The fourth-order valence-corrected chi connectivity index (χ4v) is 4.43. The number of rotatable bonds is 9. The normalized spacial score (nSPS) is 12.7. The zero-order chi connectivity index (χ0) is 25.7. The second-order valence-electron chi connectivity index (χ2n) is 9.06. The van der Waals surface area contributed by atoms with Crippen molar-refractivity contribution in [3.8, 4) is 0 Å². The van der Waals surface area contributed by atoms with Gasteiger partial charge in [0.2, 0.25) is 21.8 Å². The minimum absolute atomic E-state index is 0.00231. The van der Waals surface area contributed by atoms with Crippen LogP contribution in [0.5, 0.6) is 0 Å². The Morgan fingerprint density at radius 2 is 1.74 bits per heavy atom. The number of amides is 2. The van der Waals surface area contributed by atoms with E-state index in [0.717, 1.165) is 10.6 Å². The van der Waals surface area contributed by atoms with Gasteiger partial charge in [0.15, 0.2) is 0 Å². The van der Waals surface area contributed by atoms with Gasteiger partial charge in [-0.2, -0.15) is 0 Å². The van der Waals surface area contributed by atoms with E-state index in [1.54, 1.807) is 19.1 Å². The van der Waals surface area contributed by atoms with Gasteiger partial charge in [-0.3, -0.25) is 13.9 Å². The second kappa shape index (κ2) is 11.2. The molecule has 2 aromatic carbocycles. The number of anilines is 1. The molecule has 0 aliphatic heterocycles. The molecular formula is C24H31ClFN3O4S. The van der Waals surface area contributed by atoms with Crippen LogP contribution >= 0.6 is 11.6 Å². The van der Waals surface area contributed by atoms with E-state index >= 15 is 0 Å². The Kier molecular flexibility index (Phi) is 9.08. The third-order valence-electron chi connectivity index (χ3n) is 4.93. The van der Waals surface area contributed by atoms with Gasteiger partial charge in [-0.1, -0.05) is 36.7 Å². The van der Waals surface area contributed by atoms with Crippen LogP contribution < -0.4 is 9.62 Å². The summed E-state index contributed by atoms with van der Waals surface area (Å²) in [7, 11) is -3.85. The molecule has 0 aliphatic carbocycles. The number of hydrogen-bond acceptors (Lipinski definition) is 4. The van der Waals surface area contributed by atoms with Crippen LogP contribution in [0, 0.1) is 5.82 Å². The Morgan fingerprint density at radius 1 is 1.12 bits per heavy atom. The monoisotopic (exact) mass is 511 g/mol. The average molecular weight is 512 g/mol. The molecule has 1 atom stereocenters. The van der Waals surface area contributed by atoms with Crippen molar-refractivity contribution in [3.05, 3.63) is 64.9 Å². The highest BCUT2D eigenvalue weighted by Crippen LogP contribution is 2.23. The quantitative estimate of drug-likeness (QED) is 0.552. The number of nitrogens with one attached hydrogen (secondary N) is 1. The molecule has 0 spiro atoms. The van der Waals surface area contributed by atoms with E-state index in [-0.39, 0.29) is 18.1 Å². The molecule has 0 heterocycles. The van der Waals surface area contributed by atoms with Crippen LogP contribution in [0.1, 0.15) is 39.7 Å². The largest absolute Gasteiger partial charge is 0.350 e. The van der Waals surface area contributed by atoms with Crippen LogP contribution in [-0.4, -0.2) is 49.5 Å². The molecule has 2 rings (SSSR count). The second-order valence-corrected chi connectivity index (χ2v) is 11.4. The predicted octanol–water partition coefficient (Wildman–Crippen LogP) is 3.97. The Balaban J connectivity index is 2.45.